The van der Waals surface area contributed by atoms with Crippen LogP contribution in [0.3, 0.4) is 0 Å². The third kappa shape index (κ3) is 6.90. The lowest BCUT2D eigenvalue weighted by Gasteiger charge is -2.26. The van der Waals surface area contributed by atoms with Gasteiger partial charge in [-0.25, -0.2) is 0 Å². The Kier molecular flexibility index (Phi) is 7.91. The van der Waals surface area contributed by atoms with Crippen molar-refractivity contribution in [3.05, 3.63) is 0 Å². The molecular weight excluding hydrogens is 232 g/mol. The Bertz CT molecular complexity index is 212. The average Bonchev–Trinajstić information content (AvgIpc) is 2.32. The Hall–Kier alpha value is -0.690. The number of nitrogens with one attached hydrogen (secondary N) is 2. The molecule has 1 aliphatic heterocycles. The number of carbonyl (C=O) groups is 1. The first-order chi connectivity index (χ1) is 8.72. The van der Waals surface area contributed by atoms with Crippen molar-refractivity contribution in [2.75, 3.05) is 58.9 Å². The van der Waals surface area contributed by atoms with Gasteiger partial charge in [-0.2, -0.15) is 0 Å². The van der Waals surface area contributed by atoms with E-state index in [9.17, 15) is 9.90 Å². The van der Waals surface area contributed by atoms with Crippen molar-refractivity contribution in [2.45, 2.75) is 13.0 Å². The van der Waals surface area contributed by atoms with Crippen molar-refractivity contribution >= 4 is 6.41 Å². The number of aliphatic hydroxyl groups excluding tert-OH is 1. The van der Waals surface area contributed by atoms with Crippen LogP contribution in [0, 0.1) is 0 Å². The fraction of sp³-hybridized carbons (Fsp3) is 0.917. The molecule has 1 saturated heterocycles. The first kappa shape index (κ1) is 15.4. The highest BCUT2D eigenvalue weighted by Gasteiger charge is 2.09. The number of hydrogen-bond donors (Lipinski definition) is 3. The Morgan fingerprint density at radius 3 is 2.06 bits per heavy atom. The normalized spacial score (nSPS) is 22.9. The number of rotatable bonds is 3. The smallest absolute Gasteiger partial charge is 0.209 e. The highest BCUT2D eigenvalue weighted by Crippen LogP contribution is 1.92. The number of amides is 1. The van der Waals surface area contributed by atoms with Crippen LogP contribution < -0.4 is 10.6 Å². The number of hydrogen-bond acceptors (Lipinski definition) is 5. The van der Waals surface area contributed by atoms with E-state index in [0.717, 1.165) is 58.8 Å². The van der Waals surface area contributed by atoms with Crippen LogP contribution in [0.15, 0.2) is 0 Å². The number of β-amino-alcohol motifs (C(OH)–C–C–N with tert-alkyl or cyclic N) is 1. The molecule has 1 fully saturated rings. The molecule has 3 N–H and O–H groups in total. The van der Waals surface area contributed by atoms with Gasteiger partial charge in [0.15, 0.2) is 0 Å². The second-order valence-electron chi connectivity index (χ2n) is 4.79. The zero-order valence-electron chi connectivity index (χ0n) is 11.3. The molecular formula is C12H26N4O2. The first-order valence-corrected chi connectivity index (χ1v) is 6.73. The maximum Gasteiger partial charge on any atom is 0.209 e. The van der Waals surface area contributed by atoms with E-state index in [2.05, 4.69) is 15.5 Å². The van der Waals surface area contributed by atoms with Crippen LogP contribution in [0.25, 0.3) is 0 Å². The minimum atomic E-state index is -0.288. The summed E-state index contributed by atoms with van der Waals surface area (Å²) in [6.07, 6.45) is 0.623. The van der Waals surface area contributed by atoms with Gasteiger partial charge >= 0.3 is 0 Å². The van der Waals surface area contributed by atoms with E-state index in [-0.39, 0.29) is 6.10 Å². The minimum Gasteiger partial charge on any atom is -0.392 e. The Morgan fingerprint density at radius 2 is 1.61 bits per heavy atom. The highest BCUT2D eigenvalue weighted by atomic mass is 16.3. The van der Waals surface area contributed by atoms with Gasteiger partial charge in [-0.3, -0.25) is 9.69 Å². The van der Waals surface area contributed by atoms with Gasteiger partial charge < -0.3 is 20.6 Å². The summed E-state index contributed by atoms with van der Waals surface area (Å²) in [6.45, 7) is 9.30. The molecule has 0 aliphatic carbocycles. The molecule has 1 aliphatic rings. The first-order valence-electron chi connectivity index (χ1n) is 6.73. The van der Waals surface area contributed by atoms with Crippen LogP contribution in [-0.2, 0) is 4.79 Å². The molecule has 106 valence electrons. The number of carbonyl (C=O) groups excluding carboxylic acids is 1. The minimum absolute atomic E-state index is 0.288. The van der Waals surface area contributed by atoms with Crippen molar-refractivity contribution in [1.82, 2.24) is 20.4 Å². The maximum atomic E-state index is 10.8. The third-order valence-electron chi connectivity index (χ3n) is 3.03. The molecule has 1 atom stereocenters. The van der Waals surface area contributed by atoms with Crippen molar-refractivity contribution < 1.29 is 9.90 Å². The fourth-order valence-corrected chi connectivity index (χ4v) is 2.05. The van der Waals surface area contributed by atoms with Crippen molar-refractivity contribution in [3.63, 3.8) is 0 Å². The van der Waals surface area contributed by atoms with Gasteiger partial charge in [-0.05, 0) is 6.92 Å². The van der Waals surface area contributed by atoms with E-state index >= 15 is 0 Å². The average molecular weight is 258 g/mol. The van der Waals surface area contributed by atoms with E-state index < -0.39 is 0 Å². The van der Waals surface area contributed by atoms with Gasteiger partial charge in [0.25, 0.3) is 0 Å². The predicted molar refractivity (Wildman–Crippen MR) is 71.5 cm³/mol. The van der Waals surface area contributed by atoms with Crippen LogP contribution in [0.2, 0.25) is 0 Å². The molecule has 0 bridgehead atoms. The van der Waals surface area contributed by atoms with Gasteiger partial charge in [0.2, 0.25) is 6.41 Å². The van der Waals surface area contributed by atoms with Crippen molar-refractivity contribution in [2.24, 2.45) is 0 Å². The summed E-state index contributed by atoms with van der Waals surface area (Å²) in [6, 6.07) is 0. The summed E-state index contributed by atoms with van der Waals surface area (Å²) in [5.74, 6) is 0. The molecule has 0 saturated carbocycles. The molecule has 1 rings (SSSR count). The van der Waals surface area contributed by atoms with Crippen LogP contribution in [0.1, 0.15) is 6.92 Å². The summed E-state index contributed by atoms with van der Waals surface area (Å²) in [5.41, 5.74) is 0. The van der Waals surface area contributed by atoms with E-state index in [4.69, 9.17) is 0 Å². The van der Waals surface area contributed by atoms with Gasteiger partial charge in [0, 0.05) is 58.9 Å². The van der Waals surface area contributed by atoms with Gasteiger partial charge in [0.1, 0.15) is 0 Å². The lowest BCUT2D eigenvalue weighted by Crippen LogP contribution is -2.44. The lowest BCUT2D eigenvalue weighted by atomic mass is 10.3. The molecule has 0 radical (unpaired) electrons. The molecule has 1 heterocycles. The standard InChI is InChI=1S/C12H26N4O2/c1-12(18)10-15-6-2-13-4-8-16(11-17)9-5-14-3-7-15/h11-14,18H,2-10H2,1H3. The molecule has 1 amide bonds. The van der Waals surface area contributed by atoms with Crippen molar-refractivity contribution in [1.29, 1.82) is 0 Å². The molecule has 18 heavy (non-hydrogen) atoms. The summed E-state index contributed by atoms with van der Waals surface area (Å²) in [7, 11) is 0. The third-order valence-corrected chi connectivity index (χ3v) is 3.03. The van der Waals surface area contributed by atoms with Crippen LogP contribution in [-0.4, -0.2) is 86.3 Å². The van der Waals surface area contributed by atoms with E-state index in [1.54, 1.807) is 4.90 Å². The summed E-state index contributed by atoms with van der Waals surface area (Å²) in [5, 5.41) is 16.1. The zero-order valence-corrected chi connectivity index (χ0v) is 11.3. The van der Waals surface area contributed by atoms with E-state index in [1.807, 2.05) is 6.92 Å². The molecule has 0 aromatic rings. The van der Waals surface area contributed by atoms with Crippen molar-refractivity contribution in [3.8, 4) is 0 Å². The topological polar surface area (TPSA) is 67.8 Å². The largest absolute Gasteiger partial charge is 0.392 e. The van der Waals surface area contributed by atoms with E-state index in [1.165, 1.54) is 0 Å². The van der Waals surface area contributed by atoms with Gasteiger partial charge in [0.05, 0.1) is 6.10 Å². The lowest BCUT2D eigenvalue weighted by molar-refractivity contribution is -0.118. The summed E-state index contributed by atoms with van der Waals surface area (Å²) in [4.78, 5) is 14.8. The Morgan fingerprint density at radius 1 is 1.11 bits per heavy atom. The molecule has 6 nitrogen and oxygen atoms in total. The Labute approximate surface area is 109 Å². The van der Waals surface area contributed by atoms with Crippen LogP contribution in [0.4, 0.5) is 0 Å². The van der Waals surface area contributed by atoms with Gasteiger partial charge in [-0.1, -0.05) is 0 Å². The molecule has 0 spiro atoms. The van der Waals surface area contributed by atoms with E-state index in [0.29, 0.717) is 6.54 Å². The highest BCUT2D eigenvalue weighted by molar-refractivity contribution is 5.46. The summed E-state index contributed by atoms with van der Waals surface area (Å²) >= 11 is 0. The summed E-state index contributed by atoms with van der Waals surface area (Å²) < 4.78 is 0. The molecule has 0 aromatic heterocycles. The molecule has 6 heteroatoms. The monoisotopic (exact) mass is 258 g/mol. The zero-order chi connectivity index (χ0) is 13.2. The van der Waals surface area contributed by atoms with Crippen LogP contribution >= 0.6 is 0 Å². The second kappa shape index (κ2) is 9.27. The quantitative estimate of drug-likeness (QED) is 0.528. The molecule has 0 aromatic carbocycles. The second-order valence-corrected chi connectivity index (χ2v) is 4.79. The van der Waals surface area contributed by atoms with Gasteiger partial charge in [-0.15, -0.1) is 0 Å². The number of nitrogens with zero attached hydrogens (tertiary/aromatic N) is 2. The Balaban J connectivity index is 2.33. The molecule has 1 unspecified atom stereocenters. The van der Waals surface area contributed by atoms with Crippen LogP contribution in [0.5, 0.6) is 0 Å². The maximum absolute atomic E-state index is 10.8. The predicted octanol–water partition coefficient (Wildman–Crippen LogP) is -1.68. The SMILES string of the molecule is CC(O)CN1CCNCCN(C=O)CCNCC1. The number of aliphatic hydroxyl groups is 1. The fourth-order valence-electron chi connectivity index (χ4n) is 2.05.